The summed E-state index contributed by atoms with van der Waals surface area (Å²) in [6.07, 6.45) is 7.59. The number of amides is 1. The molecule has 3 N–H and O–H groups in total. The van der Waals surface area contributed by atoms with E-state index in [4.69, 9.17) is 5.73 Å². The predicted molar refractivity (Wildman–Crippen MR) is 74.5 cm³/mol. The summed E-state index contributed by atoms with van der Waals surface area (Å²) in [4.78, 5) is 12.2. The zero-order valence-electron chi connectivity index (χ0n) is 11.9. The lowest BCUT2D eigenvalue weighted by atomic mass is 9.76. The molecule has 0 aliphatic heterocycles. The maximum absolute atomic E-state index is 12.2. The first-order chi connectivity index (χ1) is 8.99. The van der Waals surface area contributed by atoms with Crippen LogP contribution in [-0.2, 0) is 11.3 Å². The standard InChI is InChI=1S/C14H24N4O/c1-11-4-3-5-14(15,8-11)13(19)16-6-7-18-10-12(2)9-17-18/h9-11H,3-8,15H2,1-2H3,(H,16,19). The SMILES string of the molecule is Cc1cnn(CCNC(=O)C2(N)CCCC(C)C2)c1. The Bertz CT molecular complexity index is 442. The third kappa shape index (κ3) is 3.56. The van der Waals surface area contributed by atoms with Gasteiger partial charge in [0.2, 0.25) is 5.91 Å². The Morgan fingerprint density at radius 1 is 1.68 bits per heavy atom. The zero-order chi connectivity index (χ0) is 13.9. The van der Waals surface area contributed by atoms with Crippen LogP contribution in [0, 0.1) is 12.8 Å². The van der Waals surface area contributed by atoms with Crippen molar-refractivity contribution in [3.05, 3.63) is 18.0 Å². The van der Waals surface area contributed by atoms with Gasteiger partial charge in [0, 0.05) is 12.7 Å². The number of carbonyl (C=O) groups excluding carboxylic acids is 1. The molecule has 106 valence electrons. The monoisotopic (exact) mass is 264 g/mol. The lowest BCUT2D eigenvalue weighted by molar-refractivity contribution is -0.128. The number of nitrogens with two attached hydrogens (primary N) is 1. The van der Waals surface area contributed by atoms with Gasteiger partial charge in [0.1, 0.15) is 0 Å². The highest BCUT2D eigenvalue weighted by Gasteiger charge is 2.37. The van der Waals surface area contributed by atoms with Gasteiger partial charge in [-0.05, 0) is 31.2 Å². The molecule has 2 atom stereocenters. The van der Waals surface area contributed by atoms with Crippen molar-refractivity contribution in [3.8, 4) is 0 Å². The summed E-state index contributed by atoms with van der Waals surface area (Å²) in [6.45, 7) is 5.43. The molecule has 1 saturated carbocycles. The number of nitrogens with zero attached hydrogens (tertiary/aromatic N) is 2. The molecule has 1 heterocycles. The van der Waals surface area contributed by atoms with E-state index < -0.39 is 5.54 Å². The highest BCUT2D eigenvalue weighted by molar-refractivity contribution is 5.86. The molecule has 1 amide bonds. The van der Waals surface area contributed by atoms with Crippen molar-refractivity contribution in [1.82, 2.24) is 15.1 Å². The molecular weight excluding hydrogens is 240 g/mol. The number of carbonyl (C=O) groups is 1. The summed E-state index contributed by atoms with van der Waals surface area (Å²) in [7, 11) is 0. The zero-order valence-corrected chi connectivity index (χ0v) is 11.9. The number of nitrogens with one attached hydrogen (secondary N) is 1. The second kappa shape index (κ2) is 5.74. The third-order valence-corrected chi connectivity index (χ3v) is 3.87. The third-order valence-electron chi connectivity index (χ3n) is 3.87. The molecule has 1 aliphatic rings. The van der Waals surface area contributed by atoms with Crippen molar-refractivity contribution in [1.29, 1.82) is 0 Å². The molecule has 2 rings (SSSR count). The van der Waals surface area contributed by atoms with E-state index in [2.05, 4.69) is 17.3 Å². The summed E-state index contributed by atoms with van der Waals surface area (Å²) in [5.74, 6) is 0.529. The van der Waals surface area contributed by atoms with Crippen LogP contribution in [0.1, 0.15) is 38.2 Å². The van der Waals surface area contributed by atoms with E-state index in [1.54, 1.807) is 0 Å². The normalized spacial score (nSPS) is 27.2. The van der Waals surface area contributed by atoms with Crippen LogP contribution in [0.4, 0.5) is 0 Å². The van der Waals surface area contributed by atoms with Gasteiger partial charge in [0.05, 0.1) is 18.3 Å². The fourth-order valence-corrected chi connectivity index (χ4v) is 2.85. The summed E-state index contributed by atoms with van der Waals surface area (Å²) >= 11 is 0. The van der Waals surface area contributed by atoms with E-state index in [9.17, 15) is 4.79 Å². The molecule has 0 aromatic carbocycles. The van der Waals surface area contributed by atoms with Crippen LogP contribution in [0.2, 0.25) is 0 Å². The average molecular weight is 264 g/mol. The molecule has 0 saturated heterocycles. The van der Waals surface area contributed by atoms with E-state index in [0.717, 1.165) is 24.8 Å². The van der Waals surface area contributed by atoms with Gasteiger partial charge in [-0.1, -0.05) is 19.8 Å². The van der Waals surface area contributed by atoms with E-state index in [1.165, 1.54) is 6.42 Å². The van der Waals surface area contributed by atoms with Gasteiger partial charge in [0.15, 0.2) is 0 Å². The number of rotatable bonds is 4. The Hall–Kier alpha value is -1.36. The summed E-state index contributed by atoms with van der Waals surface area (Å²) in [5.41, 5.74) is 6.70. The molecular formula is C14H24N4O. The Morgan fingerprint density at radius 3 is 3.11 bits per heavy atom. The lowest BCUT2D eigenvalue weighted by Crippen LogP contribution is -2.56. The van der Waals surface area contributed by atoms with Crippen LogP contribution in [0.5, 0.6) is 0 Å². The van der Waals surface area contributed by atoms with Crippen LogP contribution in [0.3, 0.4) is 0 Å². The van der Waals surface area contributed by atoms with Gasteiger partial charge in [0.25, 0.3) is 0 Å². The first kappa shape index (κ1) is 14.1. The van der Waals surface area contributed by atoms with Gasteiger partial charge in [-0.25, -0.2) is 0 Å². The Balaban J connectivity index is 1.80. The van der Waals surface area contributed by atoms with Crippen LogP contribution in [0.15, 0.2) is 12.4 Å². The van der Waals surface area contributed by atoms with Crippen molar-refractivity contribution in [2.75, 3.05) is 6.54 Å². The molecule has 5 heteroatoms. The summed E-state index contributed by atoms with van der Waals surface area (Å²) in [5, 5.41) is 7.14. The minimum Gasteiger partial charge on any atom is -0.353 e. The van der Waals surface area contributed by atoms with E-state index in [-0.39, 0.29) is 5.91 Å². The fourth-order valence-electron chi connectivity index (χ4n) is 2.85. The number of hydrogen-bond acceptors (Lipinski definition) is 3. The Kier molecular flexibility index (Phi) is 4.24. The van der Waals surface area contributed by atoms with Gasteiger partial charge in [-0.15, -0.1) is 0 Å². The number of hydrogen-bond donors (Lipinski definition) is 2. The topological polar surface area (TPSA) is 72.9 Å². The van der Waals surface area contributed by atoms with E-state index in [0.29, 0.717) is 19.0 Å². The van der Waals surface area contributed by atoms with Crippen LogP contribution < -0.4 is 11.1 Å². The predicted octanol–water partition coefficient (Wildman–Crippen LogP) is 1.22. The van der Waals surface area contributed by atoms with Crippen molar-refractivity contribution in [2.24, 2.45) is 11.7 Å². The van der Waals surface area contributed by atoms with Crippen LogP contribution in [0.25, 0.3) is 0 Å². The highest BCUT2D eigenvalue weighted by Crippen LogP contribution is 2.30. The van der Waals surface area contributed by atoms with Crippen molar-refractivity contribution >= 4 is 5.91 Å². The highest BCUT2D eigenvalue weighted by atomic mass is 16.2. The number of aromatic nitrogens is 2. The second-order valence-electron chi connectivity index (χ2n) is 5.89. The van der Waals surface area contributed by atoms with Crippen molar-refractivity contribution in [3.63, 3.8) is 0 Å². The molecule has 1 aromatic rings. The van der Waals surface area contributed by atoms with Crippen molar-refractivity contribution in [2.45, 2.75) is 51.6 Å². The Labute approximate surface area is 114 Å². The lowest BCUT2D eigenvalue weighted by Gasteiger charge is -2.35. The Morgan fingerprint density at radius 2 is 2.47 bits per heavy atom. The maximum Gasteiger partial charge on any atom is 0.240 e. The molecule has 1 aliphatic carbocycles. The van der Waals surface area contributed by atoms with Crippen LogP contribution >= 0.6 is 0 Å². The van der Waals surface area contributed by atoms with E-state index >= 15 is 0 Å². The van der Waals surface area contributed by atoms with Crippen molar-refractivity contribution < 1.29 is 4.79 Å². The largest absolute Gasteiger partial charge is 0.353 e. The fraction of sp³-hybridized carbons (Fsp3) is 0.714. The molecule has 19 heavy (non-hydrogen) atoms. The molecule has 0 bridgehead atoms. The van der Waals surface area contributed by atoms with E-state index in [1.807, 2.05) is 24.0 Å². The first-order valence-corrected chi connectivity index (χ1v) is 7.06. The molecule has 1 aromatic heterocycles. The minimum absolute atomic E-state index is 0.0112. The first-order valence-electron chi connectivity index (χ1n) is 7.06. The summed E-state index contributed by atoms with van der Waals surface area (Å²) < 4.78 is 1.84. The quantitative estimate of drug-likeness (QED) is 0.858. The van der Waals surface area contributed by atoms with Gasteiger partial charge in [-0.3, -0.25) is 9.48 Å². The smallest absolute Gasteiger partial charge is 0.240 e. The van der Waals surface area contributed by atoms with Gasteiger partial charge in [-0.2, -0.15) is 5.10 Å². The van der Waals surface area contributed by atoms with Crippen LogP contribution in [-0.4, -0.2) is 27.8 Å². The minimum atomic E-state index is -0.669. The molecule has 2 unspecified atom stereocenters. The molecule has 5 nitrogen and oxygen atoms in total. The maximum atomic E-state index is 12.2. The second-order valence-corrected chi connectivity index (χ2v) is 5.89. The molecule has 0 radical (unpaired) electrons. The average Bonchev–Trinajstić information content (AvgIpc) is 2.74. The summed E-state index contributed by atoms with van der Waals surface area (Å²) in [6, 6.07) is 0. The van der Waals surface area contributed by atoms with Gasteiger partial charge >= 0.3 is 0 Å². The molecule has 1 fully saturated rings. The van der Waals surface area contributed by atoms with Gasteiger partial charge < -0.3 is 11.1 Å². The molecule has 0 spiro atoms. The number of aryl methyl sites for hydroxylation is 1.